The third-order valence-corrected chi connectivity index (χ3v) is 6.30. The van der Waals surface area contributed by atoms with E-state index in [0.29, 0.717) is 11.5 Å². The molecule has 4 aromatic rings. The van der Waals surface area contributed by atoms with Crippen LogP contribution in [-0.2, 0) is 6.54 Å². The van der Waals surface area contributed by atoms with E-state index < -0.39 is 11.6 Å². The number of benzene rings is 2. The monoisotopic (exact) mass is 515 g/mol. The minimum Gasteiger partial charge on any atom is -0.320 e. The van der Waals surface area contributed by atoms with Gasteiger partial charge in [0.05, 0.1) is 12.2 Å². The SMILES string of the molecule is CNCCCN1CC(c2cnc(-c3cccc(Cn4nc(-c5cc(F)cc(F)c5)ccc4=O)c3)nc2)C=N1. The van der Waals surface area contributed by atoms with Crippen molar-refractivity contribution < 1.29 is 8.78 Å². The van der Waals surface area contributed by atoms with Crippen LogP contribution in [0.25, 0.3) is 22.6 Å². The zero-order chi connectivity index (χ0) is 26.5. The molecule has 0 bridgehead atoms. The van der Waals surface area contributed by atoms with E-state index in [1.807, 2.05) is 49.9 Å². The fourth-order valence-corrected chi connectivity index (χ4v) is 4.35. The van der Waals surface area contributed by atoms with E-state index in [9.17, 15) is 13.6 Å². The van der Waals surface area contributed by atoms with Crippen LogP contribution in [0.1, 0.15) is 23.5 Å². The number of hydrazone groups is 1. The topological polar surface area (TPSA) is 88.3 Å². The molecule has 5 rings (SSSR count). The Morgan fingerprint density at radius 3 is 2.55 bits per heavy atom. The quantitative estimate of drug-likeness (QED) is 0.342. The number of halogens is 2. The Hall–Kier alpha value is -4.31. The Kier molecular flexibility index (Phi) is 7.60. The van der Waals surface area contributed by atoms with Crippen molar-refractivity contribution in [3.05, 3.63) is 100 Å². The predicted molar refractivity (Wildman–Crippen MR) is 142 cm³/mol. The molecule has 1 aliphatic rings. The Labute approximate surface area is 218 Å². The summed E-state index contributed by atoms with van der Waals surface area (Å²) in [5.41, 5.74) is 2.86. The molecule has 2 aromatic carbocycles. The third-order valence-electron chi connectivity index (χ3n) is 6.30. The van der Waals surface area contributed by atoms with Gasteiger partial charge in [-0.3, -0.25) is 9.80 Å². The molecule has 10 heteroatoms. The van der Waals surface area contributed by atoms with Gasteiger partial charge in [0.1, 0.15) is 11.6 Å². The van der Waals surface area contributed by atoms with Crippen molar-refractivity contribution in [2.24, 2.45) is 5.10 Å². The summed E-state index contributed by atoms with van der Waals surface area (Å²) in [5, 5.41) is 14.0. The maximum absolute atomic E-state index is 13.7. The molecular formula is C28H27F2N7O. The Morgan fingerprint density at radius 1 is 1.00 bits per heavy atom. The molecule has 1 unspecified atom stereocenters. The highest BCUT2D eigenvalue weighted by molar-refractivity contribution is 5.69. The maximum atomic E-state index is 13.7. The van der Waals surface area contributed by atoms with E-state index in [4.69, 9.17) is 0 Å². The first-order valence-electron chi connectivity index (χ1n) is 12.4. The summed E-state index contributed by atoms with van der Waals surface area (Å²) in [5.74, 6) is -0.692. The average Bonchev–Trinajstić information content (AvgIpc) is 3.39. The van der Waals surface area contributed by atoms with Crippen LogP contribution < -0.4 is 10.9 Å². The molecule has 0 saturated heterocycles. The zero-order valence-corrected chi connectivity index (χ0v) is 20.9. The molecule has 0 fully saturated rings. The van der Waals surface area contributed by atoms with Gasteiger partial charge in [-0.2, -0.15) is 10.2 Å². The Bertz CT molecular complexity index is 1480. The second-order valence-electron chi connectivity index (χ2n) is 9.15. The van der Waals surface area contributed by atoms with Crippen molar-refractivity contribution in [2.45, 2.75) is 18.9 Å². The molecule has 0 aliphatic carbocycles. The van der Waals surface area contributed by atoms with E-state index >= 15 is 0 Å². The molecule has 194 valence electrons. The van der Waals surface area contributed by atoms with E-state index in [0.717, 1.165) is 48.8 Å². The van der Waals surface area contributed by atoms with Crippen LogP contribution in [0, 0.1) is 11.6 Å². The molecule has 0 saturated carbocycles. The van der Waals surface area contributed by atoms with E-state index in [1.165, 1.54) is 28.9 Å². The van der Waals surface area contributed by atoms with Crippen molar-refractivity contribution >= 4 is 6.21 Å². The second kappa shape index (κ2) is 11.4. The van der Waals surface area contributed by atoms with Crippen molar-refractivity contribution in [3.8, 4) is 22.6 Å². The molecule has 38 heavy (non-hydrogen) atoms. The number of hydrogen-bond acceptors (Lipinski definition) is 7. The van der Waals surface area contributed by atoms with Gasteiger partial charge in [-0.1, -0.05) is 18.2 Å². The predicted octanol–water partition coefficient (Wildman–Crippen LogP) is 3.69. The molecule has 8 nitrogen and oxygen atoms in total. The summed E-state index contributed by atoms with van der Waals surface area (Å²) in [6.45, 7) is 2.85. The standard InChI is InChI=1S/C28H27F2N7O/c1-31-8-3-9-36-18-23(16-34-36)22-14-32-28(33-15-22)20-5-2-4-19(10-20)17-37-27(38)7-6-26(35-37)21-11-24(29)13-25(30)12-21/h2,4-7,10-16,23,31H,3,8-9,17-18H2,1H3. The normalized spacial score (nSPS) is 14.8. The average molecular weight is 516 g/mol. The molecule has 0 amide bonds. The Morgan fingerprint density at radius 2 is 1.79 bits per heavy atom. The lowest BCUT2D eigenvalue weighted by molar-refractivity contribution is 0.304. The van der Waals surface area contributed by atoms with E-state index in [2.05, 4.69) is 30.5 Å². The van der Waals surface area contributed by atoms with Crippen molar-refractivity contribution in [1.29, 1.82) is 0 Å². The van der Waals surface area contributed by atoms with Crippen LogP contribution >= 0.6 is 0 Å². The lowest BCUT2D eigenvalue weighted by Crippen LogP contribution is -2.22. The summed E-state index contributed by atoms with van der Waals surface area (Å²) >= 11 is 0. The fraction of sp³-hybridized carbons (Fsp3) is 0.250. The Balaban J connectivity index is 1.30. The van der Waals surface area contributed by atoms with Gasteiger partial charge < -0.3 is 5.32 Å². The number of nitrogens with zero attached hydrogens (tertiary/aromatic N) is 6. The van der Waals surface area contributed by atoms with Crippen LogP contribution in [0.3, 0.4) is 0 Å². The third kappa shape index (κ3) is 5.97. The number of rotatable bonds is 9. The largest absolute Gasteiger partial charge is 0.320 e. The molecule has 3 heterocycles. The smallest absolute Gasteiger partial charge is 0.267 e. The van der Waals surface area contributed by atoms with Gasteiger partial charge in [0.2, 0.25) is 0 Å². The van der Waals surface area contributed by atoms with Crippen LogP contribution in [0.4, 0.5) is 8.78 Å². The van der Waals surface area contributed by atoms with Gasteiger partial charge in [0.25, 0.3) is 5.56 Å². The summed E-state index contributed by atoms with van der Waals surface area (Å²) in [6, 6.07) is 13.5. The fourth-order valence-electron chi connectivity index (χ4n) is 4.35. The van der Waals surface area contributed by atoms with Gasteiger partial charge in [-0.25, -0.2) is 23.4 Å². The number of nitrogens with one attached hydrogen (secondary N) is 1. The highest BCUT2D eigenvalue weighted by Gasteiger charge is 2.20. The van der Waals surface area contributed by atoms with Gasteiger partial charge >= 0.3 is 0 Å². The molecule has 1 atom stereocenters. The maximum Gasteiger partial charge on any atom is 0.267 e. The first-order valence-corrected chi connectivity index (χ1v) is 12.4. The number of aromatic nitrogens is 4. The summed E-state index contributed by atoms with van der Waals surface area (Å²) in [6.07, 6.45) is 6.63. The summed E-state index contributed by atoms with van der Waals surface area (Å²) in [7, 11) is 1.94. The molecule has 1 N–H and O–H groups in total. The molecule has 0 radical (unpaired) electrons. The van der Waals surface area contributed by atoms with Crippen LogP contribution in [0.5, 0.6) is 0 Å². The molecule has 1 aliphatic heterocycles. The van der Waals surface area contributed by atoms with E-state index in [1.54, 1.807) is 0 Å². The summed E-state index contributed by atoms with van der Waals surface area (Å²) in [4.78, 5) is 21.6. The van der Waals surface area contributed by atoms with Crippen LogP contribution in [0.2, 0.25) is 0 Å². The van der Waals surface area contributed by atoms with Gasteiger partial charge in [-0.05, 0) is 55.4 Å². The van der Waals surface area contributed by atoms with Gasteiger partial charge in [0.15, 0.2) is 5.82 Å². The van der Waals surface area contributed by atoms with Crippen molar-refractivity contribution in [3.63, 3.8) is 0 Å². The summed E-state index contributed by atoms with van der Waals surface area (Å²) < 4.78 is 28.6. The second-order valence-corrected chi connectivity index (χ2v) is 9.15. The minimum atomic E-state index is -0.708. The highest BCUT2D eigenvalue weighted by Crippen LogP contribution is 2.23. The van der Waals surface area contributed by atoms with Gasteiger partial charge in [0, 0.05) is 60.9 Å². The van der Waals surface area contributed by atoms with Crippen LogP contribution in [-0.4, -0.2) is 57.7 Å². The van der Waals surface area contributed by atoms with Gasteiger partial charge in [-0.15, -0.1) is 0 Å². The molecule has 0 spiro atoms. The van der Waals surface area contributed by atoms with Crippen molar-refractivity contribution in [2.75, 3.05) is 26.7 Å². The number of hydrogen-bond donors (Lipinski definition) is 1. The lowest BCUT2D eigenvalue weighted by atomic mass is 10.0. The first-order chi connectivity index (χ1) is 18.5. The zero-order valence-electron chi connectivity index (χ0n) is 20.9. The van der Waals surface area contributed by atoms with Crippen LogP contribution in [0.15, 0.2) is 76.9 Å². The van der Waals surface area contributed by atoms with Crippen molar-refractivity contribution in [1.82, 2.24) is 30.1 Å². The lowest BCUT2D eigenvalue weighted by Gasteiger charge is -2.15. The first kappa shape index (κ1) is 25.3. The molecule has 2 aromatic heterocycles. The minimum absolute atomic E-state index is 0.154. The van der Waals surface area contributed by atoms with E-state index in [-0.39, 0.29) is 23.6 Å². The highest BCUT2D eigenvalue weighted by atomic mass is 19.1. The molecular weight excluding hydrogens is 488 g/mol.